The molecule has 8 nitrogen and oxygen atoms in total. The van der Waals surface area contributed by atoms with Gasteiger partial charge in [0.05, 0.1) is 30.6 Å². The molecule has 0 aromatic carbocycles. The lowest BCUT2D eigenvalue weighted by atomic mass is 9.88. The number of hydrogen-bond donors (Lipinski definition) is 1. The fourth-order valence-corrected chi connectivity index (χ4v) is 7.98. The molecule has 2 atom stereocenters. The second-order valence-electron chi connectivity index (χ2n) is 9.82. The lowest BCUT2D eigenvalue weighted by Crippen LogP contribution is -2.19. The van der Waals surface area contributed by atoms with Crippen molar-refractivity contribution in [2.75, 3.05) is 24.3 Å². The number of esters is 1. The average molecular weight is 575 g/mol. The molecule has 1 aliphatic heterocycles. The van der Waals surface area contributed by atoms with Crippen molar-refractivity contribution < 1.29 is 19.1 Å². The summed E-state index contributed by atoms with van der Waals surface area (Å²) in [6, 6.07) is 2.16. The predicted molar refractivity (Wildman–Crippen MR) is 153 cm³/mol. The molecule has 0 spiro atoms. The molecule has 2 unspecified atom stereocenters. The maximum absolute atomic E-state index is 13.1. The van der Waals surface area contributed by atoms with Crippen LogP contribution in [0.1, 0.15) is 65.7 Å². The van der Waals surface area contributed by atoms with Crippen molar-refractivity contribution in [3.05, 3.63) is 32.3 Å². The third kappa shape index (κ3) is 6.00. The van der Waals surface area contributed by atoms with E-state index in [-0.39, 0.29) is 23.7 Å². The summed E-state index contributed by atoms with van der Waals surface area (Å²) in [7, 11) is 0. The number of nitrogens with zero attached hydrogens (tertiary/aromatic N) is 3. The molecule has 0 bridgehead atoms. The van der Waals surface area contributed by atoms with Gasteiger partial charge in [-0.25, -0.2) is 4.79 Å². The van der Waals surface area contributed by atoms with Gasteiger partial charge in [0.15, 0.2) is 11.0 Å². The summed E-state index contributed by atoms with van der Waals surface area (Å²) in [4.78, 5) is 28.4. The van der Waals surface area contributed by atoms with E-state index in [0.717, 1.165) is 62.1 Å². The minimum atomic E-state index is -0.356. The number of hydrogen-bond acceptors (Lipinski definition) is 9. The van der Waals surface area contributed by atoms with Crippen molar-refractivity contribution in [2.45, 2.75) is 77.1 Å². The highest BCUT2D eigenvalue weighted by atomic mass is 32.2. The summed E-state index contributed by atoms with van der Waals surface area (Å²) in [5.74, 6) is 1.00. The van der Waals surface area contributed by atoms with Gasteiger partial charge in [-0.3, -0.25) is 9.36 Å². The van der Waals surface area contributed by atoms with Gasteiger partial charge in [0.2, 0.25) is 5.91 Å². The third-order valence-corrected chi connectivity index (χ3v) is 10.2. The summed E-state index contributed by atoms with van der Waals surface area (Å²) in [6.07, 6.45) is 5.95. The van der Waals surface area contributed by atoms with Crippen LogP contribution in [0.15, 0.2) is 16.6 Å². The first-order valence-electron chi connectivity index (χ1n) is 13.3. The fraction of sp³-hybridized carbons (Fsp3) is 0.556. The standard InChI is InChI=1S/C27H34N4O4S3/c1-4-19-12-17(14-36-19)24-29-30-27(31(24)13-18-7-6-10-35-18)37-15-22(32)28-25-23(26(33)34-5-2)20-9-8-16(3)11-21(20)38-25/h12,14,16,18H,4-11,13,15H2,1-3H3,(H,28,32). The SMILES string of the molecule is CCOC(=O)c1c(NC(=O)CSc2nnc(-c3csc(CC)c3)n2CC2CCCO2)sc2c1CCC(C)C2. The Morgan fingerprint density at radius 1 is 1.29 bits per heavy atom. The minimum Gasteiger partial charge on any atom is -0.462 e. The number of thioether (sulfide) groups is 1. The molecule has 0 saturated carbocycles. The number of carbonyl (C=O) groups excluding carboxylic acids is 2. The Morgan fingerprint density at radius 3 is 2.89 bits per heavy atom. The zero-order chi connectivity index (χ0) is 26.6. The average Bonchev–Trinajstić information content (AvgIpc) is 3.69. The summed E-state index contributed by atoms with van der Waals surface area (Å²) in [6.45, 7) is 7.90. The molecule has 1 amide bonds. The topological polar surface area (TPSA) is 95.3 Å². The van der Waals surface area contributed by atoms with E-state index in [1.165, 1.54) is 32.9 Å². The Hall–Kier alpha value is -2.21. The van der Waals surface area contributed by atoms with Crippen LogP contribution in [-0.2, 0) is 40.1 Å². The highest BCUT2D eigenvalue weighted by Crippen LogP contribution is 2.40. The van der Waals surface area contributed by atoms with Crippen LogP contribution in [-0.4, -0.2) is 51.7 Å². The fourth-order valence-electron chi connectivity index (χ4n) is 5.00. The molecule has 5 rings (SSSR count). The van der Waals surface area contributed by atoms with Gasteiger partial charge in [0.25, 0.3) is 0 Å². The van der Waals surface area contributed by atoms with Crippen LogP contribution >= 0.6 is 34.4 Å². The van der Waals surface area contributed by atoms with Crippen molar-refractivity contribution >= 4 is 51.3 Å². The van der Waals surface area contributed by atoms with Gasteiger partial charge in [-0.05, 0) is 63.0 Å². The maximum Gasteiger partial charge on any atom is 0.341 e. The Bertz CT molecular complexity index is 1290. The largest absolute Gasteiger partial charge is 0.462 e. The second-order valence-corrected chi connectivity index (χ2v) is 12.9. The number of fused-ring (bicyclic) bond motifs is 1. The van der Waals surface area contributed by atoms with Crippen LogP contribution in [0.2, 0.25) is 0 Å². The zero-order valence-electron chi connectivity index (χ0n) is 22.1. The highest BCUT2D eigenvalue weighted by Gasteiger charge is 2.29. The van der Waals surface area contributed by atoms with Crippen LogP contribution in [0.3, 0.4) is 0 Å². The first kappa shape index (κ1) is 27.4. The summed E-state index contributed by atoms with van der Waals surface area (Å²) in [5.41, 5.74) is 2.62. The molecule has 11 heteroatoms. The summed E-state index contributed by atoms with van der Waals surface area (Å²) >= 11 is 4.59. The van der Waals surface area contributed by atoms with Crippen LogP contribution < -0.4 is 5.32 Å². The lowest BCUT2D eigenvalue weighted by molar-refractivity contribution is -0.113. The van der Waals surface area contributed by atoms with Gasteiger partial charge in [-0.2, -0.15) is 0 Å². The maximum atomic E-state index is 13.1. The van der Waals surface area contributed by atoms with E-state index in [1.54, 1.807) is 18.3 Å². The Balaban J connectivity index is 1.33. The Morgan fingerprint density at radius 2 is 2.16 bits per heavy atom. The first-order valence-corrected chi connectivity index (χ1v) is 16.0. The van der Waals surface area contributed by atoms with E-state index < -0.39 is 0 Å². The molecule has 4 heterocycles. The predicted octanol–water partition coefficient (Wildman–Crippen LogP) is 5.84. The number of carbonyl (C=O) groups is 2. The van der Waals surface area contributed by atoms with Crippen LogP contribution in [0, 0.1) is 5.92 Å². The Kier molecular flexibility index (Phi) is 8.87. The van der Waals surface area contributed by atoms with Crippen molar-refractivity contribution in [2.24, 2.45) is 5.92 Å². The molecular weight excluding hydrogens is 541 g/mol. The van der Waals surface area contributed by atoms with Gasteiger partial charge >= 0.3 is 5.97 Å². The number of ether oxygens (including phenoxy) is 2. The molecule has 1 fully saturated rings. The van der Waals surface area contributed by atoms with E-state index in [2.05, 4.69) is 45.4 Å². The Labute approximate surface area is 235 Å². The smallest absolute Gasteiger partial charge is 0.341 e. The number of anilines is 1. The normalized spacial score (nSPS) is 18.9. The number of aryl methyl sites for hydroxylation is 1. The molecule has 38 heavy (non-hydrogen) atoms. The van der Waals surface area contributed by atoms with Gasteiger partial charge in [0, 0.05) is 27.3 Å². The van der Waals surface area contributed by atoms with Crippen molar-refractivity contribution in [3.63, 3.8) is 0 Å². The molecule has 1 saturated heterocycles. The van der Waals surface area contributed by atoms with Gasteiger partial charge in [-0.1, -0.05) is 25.6 Å². The highest BCUT2D eigenvalue weighted by molar-refractivity contribution is 7.99. The first-order chi connectivity index (χ1) is 18.5. The number of aromatic nitrogens is 3. The molecule has 1 N–H and O–H groups in total. The van der Waals surface area contributed by atoms with Gasteiger partial charge in [-0.15, -0.1) is 32.9 Å². The van der Waals surface area contributed by atoms with Crippen LogP contribution in [0.4, 0.5) is 5.00 Å². The summed E-state index contributed by atoms with van der Waals surface area (Å²) < 4.78 is 13.3. The molecule has 3 aromatic rings. The number of amides is 1. The number of thiophene rings is 2. The van der Waals surface area contributed by atoms with E-state index in [1.807, 2.05) is 0 Å². The van der Waals surface area contributed by atoms with E-state index >= 15 is 0 Å². The molecule has 1 aliphatic carbocycles. The number of rotatable bonds is 10. The quantitative estimate of drug-likeness (QED) is 0.240. The minimum absolute atomic E-state index is 0.120. The van der Waals surface area contributed by atoms with E-state index in [9.17, 15) is 9.59 Å². The van der Waals surface area contributed by atoms with Crippen LogP contribution in [0.25, 0.3) is 11.4 Å². The zero-order valence-corrected chi connectivity index (χ0v) is 24.5. The molecule has 2 aliphatic rings. The van der Waals surface area contributed by atoms with Gasteiger partial charge in [0.1, 0.15) is 5.00 Å². The number of nitrogens with one attached hydrogen (secondary N) is 1. The van der Waals surface area contributed by atoms with Crippen molar-refractivity contribution in [1.82, 2.24) is 14.8 Å². The van der Waals surface area contributed by atoms with Crippen molar-refractivity contribution in [3.8, 4) is 11.4 Å². The monoisotopic (exact) mass is 574 g/mol. The molecule has 0 radical (unpaired) electrons. The van der Waals surface area contributed by atoms with Gasteiger partial charge < -0.3 is 14.8 Å². The third-order valence-electron chi connectivity index (χ3n) is 6.96. The van der Waals surface area contributed by atoms with Crippen LogP contribution in [0.5, 0.6) is 0 Å². The molecular formula is C27H34N4O4S3. The summed E-state index contributed by atoms with van der Waals surface area (Å²) in [5, 5.41) is 15.4. The molecule has 3 aromatic heterocycles. The second kappa shape index (κ2) is 12.3. The van der Waals surface area contributed by atoms with E-state index in [0.29, 0.717) is 34.8 Å². The molecule has 204 valence electrons. The van der Waals surface area contributed by atoms with Crippen molar-refractivity contribution in [1.29, 1.82) is 0 Å². The van der Waals surface area contributed by atoms with E-state index in [4.69, 9.17) is 9.47 Å². The lowest BCUT2D eigenvalue weighted by Gasteiger charge is -2.18.